The van der Waals surface area contributed by atoms with Crippen LogP contribution < -0.4 is 0 Å². The Kier molecular flexibility index (Phi) is 3.77. The van der Waals surface area contributed by atoms with Crippen molar-refractivity contribution in [3.05, 3.63) is 27.1 Å². The summed E-state index contributed by atoms with van der Waals surface area (Å²) in [6, 6.07) is 5.19. The van der Waals surface area contributed by atoms with Crippen molar-refractivity contribution in [2.45, 2.75) is 29.9 Å². The van der Waals surface area contributed by atoms with Crippen LogP contribution in [-0.4, -0.2) is 38.0 Å². The molecular weight excluding hydrogens is 398 g/mol. The molecule has 2 unspecified atom stereocenters. The molecule has 4 nitrogen and oxygen atoms in total. The maximum atomic E-state index is 12.7. The molecule has 19 heavy (non-hydrogen) atoms. The van der Waals surface area contributed by atoms with Crippen LogP contribution in [0.5, 0.6) is 0 Å². The highest BCUT2D eigenvalue weighted by Crippen LogP contribution is 2.33. The molecule has 0 amide bonds. The van der Waals surface area contributed by atoms with Crippen molar-refractivity contribution in [3.63, 3.8) is 0 Å². The zero-order chi connectivity index (χ0) is 13.6. The summed E-state index contributed by atoms with van der Waals surface area (Å²) in [5, 5.41) is 0. The number of hydrogen-bond acceptors (Lipinski definition) is 3. The van der Waals surface area contributed by atoms with Crippen LogP contribution in [0, 0.1) is 0 Å². The molecule has 104 valence electrons. The van der Waals surface area contributed by atoms with E-state index < -0.39 is 10.0 Å². The Balaban J connectivity index is 1.96. The molecule has 0 spiro atoms. The molecule has 0 radical (unpaired) electrons. The minimum Gasteiger partial charge on any atom is -0.372 e. The standard InChI is InChI=1S/C12H13Br2NO3S/c13-8-1-4-11(14)12(5-8)19(16,17)15-6-9-2-3-10(7-15)18-9/h1,4-5,9-10H,2-3,6-7H2. The molecule has 2 heterocycles. The van der Waals surface area contributed by atoms with Gasteiger partial charge < -0.3 is 4.74 Å². The predicted molar refractivity (Wildman–Crippen MR) is 78.5 cm³/mol. The summed E-state index contributed by atoms with van der Waals surface area (Å²) < 4.78 is 34.0. The molecule has 2 aliphatic heterocycles. The van der Waals surface area contributed by atoms with Crippen LogP contribution in [0.4, 0.5) is 0 Å². The van der Waals surface area contributed by atoms with Crippen LogP contribution in [0.2, 0.25) is 0 Å². The quantitative estimate of drug-likeness (QED) is 0.753. The van der Waals surface area contributed by atoms with Gasteiger partial charge in [-0.3, -0.25) is 0 Å². The highest BCUT2D eigenvalue weighted by molar-refractivity contribution is 9.11. The van der Waals surface area contributed by atoms with E-state index in [1.807, 2.05) is 6.07 Å². The van der Waals surface area contributed by atoms with E-state index in [1.165, 1.54) is 0 Å². The van der Waals surface area contributed by atoms with Crippen molar-refractivity contribution in [2.24, 2.45) is 0 Å². The zero-order valence-electron chi connectivity index (χ0n) is 10.1. The van der Waals surface area contributed by atoms with E-state index in [9.17, 15) is 8.42 Å². The summed E-state index contributed by atoms with van der Waals surface area (Å²) in [5.41, 5.74) is 0. The largest absolute Gasteiger partial charge is 0.372 e. The van der Waals surface area contributed by atoms with E-state index in [-0.39, 0.29) is 12.2 Å². The normalized spacial score (nSPS) is 27.7. The van der Waals surface area contributed by atoms with Gasteiger partial charge in [-0.2, -0.15) is 4.31 Å². The van der Waals surface area contributed by atoms with Gasteiger partial charge in [-0.25, -0.2) is 8.42 Å². The summed E-state index contributed by atoms with van der Waals surface area (Å²) in [7, 11) is -3.46. The summed E-state index contributed by atoms with van der Waals surface area (Å²) in [5.74, 6) is 0. The van der Waals surface area contributed by atoms with Crippen molar-refractivity contribution in [1.29, 1.82) is 0 Å². The van der Waals surface area contributed by atoms with Crippen LogP contribution in [0.3, 0.4) is 0 Å². The average Bonchev–Trinajstić information content (AvgIpc) is 2.71. The second-order valence-electron chi connectivity index (χ2n) is 4.85. The summed E-state index contributed by atoms with van der Waals surface area (Å²) in [4.78, 5) is 0.308. The van der Waals surface area contributed by atoms with Gasteiger partial charge >= 0.3 is 0 Å². The summed E-state index contributed by atoms with van der Waals surface area (Å²) in [6.45, 7) is 0.912. The number of morpholine rings is 1. The lowest BCUT2D eigenvalue weighted by Crippen LogP contribution is -2.45. The predicted octanol–water partition coefficient (Wildman–Crippen LogP) is 2.76. The molecular formula is C12H13Br2NO3S. The first-order chi connectivity index (χ1) is 8.96. The fourth-order valence-corrected chi connectivity index (χ4v) is 5.55. The average molecular weight is 411 g/mol. The molecule has 0 N–H and O–H groups in total. The fourth-order valence-electron chi connectivity index (χ4n) is 2.59. The van der Waals surface area contributed by atoms with E-state index in [0.717, 1.165) is 17.3 Å². The van der Waals surface area contributed by atoms with Crippen LogP contribution >= 0.6 is 31.9 Å². The Morgan fingerprint density at radius 3 is 2.42 bits per heavy atom. The number of sulfonamides is 1. The minimum atomic E-state index is -3.46. The highest BCUT2D eigenvalue weighted by atomic mass is 79.9. The topological polar surface area (TPSA) is 46.6 Å². The molecule has 2 bridgehead atoms. The second kappa shape index (κ2) is 5.11. The van der Waals surface area contributed by atoms with Crippen LogP contribution in [0.15, 0.2) is 32.0 Å². The number of rotatable bonds is 2. The third-order valence-corrected chi connectivity index (χ3v) is 6.84. The second-order valence-corrected chi connectivity index (χ2v) is 8.53. The summed E-state index contributed by atoms with van der Waals surface area (Å²) in [6.07, 6.45) is 2.02. The van der Waals surface area contributed by atoms with Crippen molar-refractivity contribution in [2.75, 3.05) is 13.1 Å². The Bertz CT molecular complexity index is 593. The Morgan fingerprint density at radius 2 is 1.79 bits per heavy atom. The molecule has 0 saturated carbocycles. The van der Waals surface area contributed by atoms with Gasteiger partial charge in [0.25, 0.3) is 0 Å². The van der Waals surface area contributed by atoms with E-state index in [4.69, 9.17) is 4.74 Å². The van der Waals surface area contributed by atoms with Crippen molar-refractivity contribution >= 4 is 41.9 Å². The Labute approximate surface area is 129 Å². The number of ether oxygens (including phenoxy) is 1. The third kappa shape index (κ3) is 2.63. The number of benzene rings is 1. The maximum Gasteiger partial charge on any atom is 0.244 e. The van der Waals surface area contributed by atoms with Crippen LogP contribution in [-0.2, 0) is 14.8 Å². The fraction of sp³-hybridized carbons (Fsp3) is 0.500. The molecule has 0 aromatic heterocycles. The SMILES string of the molecule is O=S(=O)(c1cc(Br)ccc1Br)N1CC2CCC(C1)O2. The molecule has 0 aliphatic carbocycles. The Hall–Kier alpha value is 0.0500. The van der Waals surface area contributed by atoms with Gasteiger partial charge in [-0.1, -0.05) is 15.9 Å². The van der Waals surface area contributed by atoms with Gasteiger partial charge in [0.15, 0.2) is 0 Å². The van der Waals surface area contributed by atoms with Crippen LogP contribution in [0.25, 0.3) is 0 Å². The van der Waals surface area contributed by atoms with Crippen molar-refractivity contribution in [1.82, 2.24) is 4.31 Å². The first kappa shape index (κ1) is 14.0. The lowest BCUT2D eigenvalue weighted by atomic mass is 10.2. The van der Waals surface area contributed by atoms with Gasteiger partial charge in [-0.05, 0) is 47.0 Å². The zero-order valence-corrected chi connectivity index (χ0v) is 14.0. The van der Waals surface area contributed by atoms with E-state index in [2.05, 4.69) is 31.9 Å². The van der Waals surface area contributed by atoms with E-state index in [1.54, 1.807) is 16.4 Å². The first-order valence-electron chi connectivity index (χ1n) is 6.07. The monoisotopic (exact) mass is 409 g/mol. The molecule has 2 saturated heterocycles. The van der Waals surface area contributed by atoms with Gasteiger partial charge in [0.1, 0.15) is 0 Å². The number of halogens is 2. The van der Waals surface area contributed by atoms with Gasteiger partial charge in [-0.15, -0.1) is 0 Å². The van der Waals surface area contributed by atoms with E-state index >= 15 is 0 Å². The lowest BCUT2D eigenvalue weighted by Gasteiger charge is -2.31. The van der Waals surface area contributed by atoms with Crippen molar-refractivity contribution < 1.29 is 13.2 Å². The maximum absolute atomic E-state index is 12.7. The van der Waals surface area contributed by atoms with E-state index in [0.29, 0.717) is 22.5 Å². The number of hydrogen-bond donors (Lipinski definition) is 0. The first-order valence-corrected chi connectivity index (χ1v) is 9.10. The molecule has 2 fully saturated rings. The highest BCUT2D eigenvalue weighted by Gasteiger charge is 2.39. The number of nitrogens with zero attached hydrogens (tertiary/aromatic N) is 1. The molecule has 1 aromatic carbocycles. The molecule has 2 aliphatic rings. The Morgan fingerprint density at radius 1 is 1.16 bits per heavy atom. The van der Waals surface area contributed by atoms with Crippen LogP contribution in [0.1, 0.15) is 12.8 Å². The van der Waals surface area contributed by atoms with Crippen molar-refractivity contribution in [3.8, 4) is 0 Å². The molecule has 1 aromatic rings. The van der Waals surface area contributed by atoms with Gasteiger partial charge in [0, 0.05) is 22.0 Å². The molecule has 2 atom stereocenters. The molecule has 7 heteroatoms. The lowest BCUT2D eigenvalue weighted by molar-refractivity contribution is -0.0114. The minimum absolute atomic E-state index is 0.0550. The molecule has 3 rings (SSSR count). The third-order valence-electron chi connectivity index (χ3n) is 3.52. The smallest absolute Gasteiger partial charge is 0.244 e. The summed E-state index contributed by atoms with van der Waals surface area (Å²) >= 11 is 6.64. The van der Waals surface area contributed by atoms with Gasteiger partial charge in [0.2, 0.25) is 10.0 Å². The number of fused-ring (bicyclic) bond motifs is 2. The van der Waals surface area contributed by atoms with Gasteiger partial charge in [0.05, 0.1) is 17.1 Å².